The maximum Gasteiger partial charge on any atom is 0.240 e. The number of ether oxygens (including phenoxy) is 1. The number of benzene rings is 1. The number of halogens is 1. The van der Waals surface area contributed by atoms with Crippen molar-refractivity contribution in [2.75, 3.05) is 31.7 Å². The van der Waals surface area contributed by atoms with Crippen molar-refractivity contribution in [3.8, 4) is 0 Å². The van der Waals surface area contributed by atoms with Crippen molar-refractivity contribution >= 4 is 27.3 Å². The summed E-state index contributed by atoms with van der Waals surface area (Å²) in [5.74, 6) is 0. The summed E-state index contributed by atoms with van der Waals surface area (Å²) in [6.07, 6.45) is 0. The summed E-state index contributed by atoms with van der Waals surface area (Å²) in [6.45, 7) is 4.01. The van der Waals surface area contributed by atoms with Crippen LogP contribution in [0.15, 0.2) is 23.1 Å². The van der Waals surface area contributed by atoms with Gasteiger partial charge in [-0.2, -0.15) is 0 Å². The van der Waals surface area contributed by atoms with Crippen LogP contribution in [0.2, 0.25) is 5.02 Å². The van der Waals surface area contributed by atoms with Crippen LogP contribution in [-0.2, 0) is 14.8 Å². The lowest BCUT2D eigenvalue weighted by Crippen LogP contribution is -2.43. The number of nitrogens with zero attached hydrogens (tertiary/aromatic N) is 1. The Bertz CT molecular complexity index is 562. The van der Waals surface area contributed by atoms with E-state index in [1.54, 1.807) is 12.1 Å². The van der Waals surface area contributed by atoms with Gasteiger partial charge in [0.2, 0.25) is 10.0 Å². The van der Waals surface area contributed by atoms with E-state index in [1.165, 1.54) is 13.1 Å². The van der Waals surface area contributed by atoms with Crippen LogP contribution in [0.5, 0.6) is 0 Å². The number of hydrogen-bond acceptors (Lipinski definition) is 4. The highest BCUT2D eigenvalue weighted by atomic mass is 35.5. The molecule has 1 aliphatic rings. The van der Waals surface area contributed by atoms with E-state index in [1.807, 2.05) is 6.92 Å². The van der Waals surface area contributed by atoms with Gasteiger partial charge in [0.15, 0.2) is 0 Å². The third-order valence-corrected chi connectivity index (χ3v) is 4.75. The highest BCUT2D eigenvalue weighted by Crippen LogP contribution is 2.27. The quantitative estimate of drug-likeness (QED) is 0.919. The largest absolute Gasteiger partial charge is 0.377 e. The lowest BCUT2D eigenvalue weighted by Gasteiger charge is -2.35. The van der Waals surface area contributed by atoms with E-state index in [-0.39, 0.29) is 10.9 Å². The Hall–Kier alpha value is -0.820. The summed E-state index contributed by atoms with van der Waals surface area (Å²) in [7, 11) is -2.11. The molecule has 0 aliphatic carbocycles. The van der Waals surface area contributed by atoms with Crippen molar-refractivity contribution in [3.05, 3.63) is 23.2 Å². The van der Waals surface area contributed by atoms with Crippen LogP contribution in [0.25, 0.3) is 0 Å². The van der Waals surface area contributed by atoms with Crippen molar-refractivity contribution < 1.29 is 13.2 Å². The van der Waals surface area contributed by atoms with Gasteiger partial charge in [-0.15, -0.1) is 0 Å². The van der Waals surface area contributed by atoms with E-state index >= 15 is 0 Å². The summed E-state index contributed by atoms with van der Waals surface area (Å²) < 4.78 is 31.4. The van der Waals surface area contributed by atoms with E-state index in [0.717, 1.165) is 12.2 Å². The summed E-state index contributed by atoms with van der Waals surface area (Å²) >= 11 is 6.03. The smallest absolute Gasteiger partial charge is 0.240 e. The zero-order valence-electron chi connectivity index (χ0n) is 10.9. The van der Waals surface area contributed by atoms with Gasteiger partial charge in [-0.05, 0) is 32.2 Å². The molecule has 7 heteroatoms. The second-order valence-corrected chi connectivity index (χ2v) is 6.79. The molecule has 0 bridgehead atoms. The number of nitrogens with one attached hydrogen (secondary N) is 1. The minimum atomic E-state index is -3.49. The van der Waals surface area contributed by atoms with Crippen LogP contribution in [-0.4, -0.2) is 41.3 Å². The normalized spacial score (nSPS) is 20.6. The number of rotatable bonds is 3. The maximum atomic E-state index is 11.9. The molecule has 0 saturated carbocycles. The fourth-order valence-corrected chi connectivity index (χ4v) is 3.19. The summed E-state index contributed by atoms with van der Waals surface area (Å²) in [5, 5.41) is 0.407. The molecule has 2 rings (SSSR count). The predicted octanol–water partition coefficient (Wildman–Crippen LogP) is 1.47. The van der Waals surface area contributed by atoms with Crippen molar-refractivity contribution in [2.45, 2.75) is 17.9 Å². The van der Waals surface area contributed by atoms with Gasteiger partial charge in [-0.25, -0.2) is 13.1 Å². The monoisotopic (exact) mass is 304 g/mol. The van der Waals surface area contributed by atoms with Crippen LogP contribution in [0.1, 0.15) is 6.92 Å². The number of morpholine rings is 1. The standard InChI is InChI=1S/C12H17ClN2O3S/c1-9-8-18-4-3-15(9)11-5-10(13)6-12(7-11)19(16,17)14-2/h5-7,9,14H,3-4,8H2,1-2H3/t9-/m1/s1. The molecule has 1 atom stereocenters. The van der Waals surface area contributed by atoms with Crippen molar-refractivity contribution in [2.24, 2.45) is 0 Å². The Morgan fingerprint density at radius 2 is 2.16 bits per heavy atom. The zero-order chi connectivity index (χ0) is 14.0. The molecule has 1 saturated heterocycles. The molecular weight excluding hydrogens is 288 g/mol. The fourth-order valence-electron chi connectivity index (χ4n) is 2.10. The summed E-state index contributed by atoms with van der Waals surface area (Å²) in [4.78, 5) is 2.28. The van der Waals surface area contributed by atoms with E-state index in [2.05, 4.69) is 9.62 Å². The molecule has 0 unspecified atom stereocenters. The summed E-state index contributed by atoms with van der Waals surface area (Å²) in [5.41, 5.74) is 0.803. The Balaban J connectivity index is 2.41. The molecule has 1 aromatic rings. The Kier molecular flexibility index (Phi) is 4.35. The van der Waals surface area contributed by atoms with Gasteiger partial charge in [-0.1, -0.05) is 11.6 Å². The van der Waals surface area contributed by atoms with Crippen LogP contribution in [0.3, 0.4) is 0 Å². The first-order valence-corrected chi connectivity index (χ1v) is 7.88. The van der Waals surface area contributed by atoms with E-state index in [4.69, 9.17) is 16.3 Å². The lowest BCUT2D eigenvalue weighted by molar-refractivity contribution is 0.0989. The molecule has 1 N–H and O–H groups in total. The molecule has 19 heavy (non-hydrogen) atoms. The zero-order valence-corrected chi connectivity index (χ0v) is 12.5. The molecule has 0 aromatic heterocycles. The van der Waals surface area contributed by atoms with Crippen molar-refractivity contribution in [1.82, 2.24) is 4.72 Å². The first-order valence-electron chi connectivity index (χ1n) is 6.02. The highest BCUT2D eigenvalue weighted by Gasteiger charge is 2.21. The lowest BCUT2D eigenvalue weighted by atomic mass is 10.2. The first-order chi connectivity index (χ1) is 8.94. The summed E-state index contributed by atoms with van der Waals surface area (Å²) in [6, 6.07) is 5.05. The van der Waals surface area contributed by atoms with Crippen LogP contribution in [0, 0.1) is 0 Å². The van der Waals surface area contributed by atoms with E-state index in [0.29, 0.717) is 18.2 Å². The van der Waals surface area contributed by atoms with Crippen molar-refractivity contribution in [1.29, 1.82) is 0 Å². The minimum Gasteiger partial charge on any atom is -0.377 e. The topological polar surface area (TPSA) is 58.6 Å². The minimum absolute atomic E-state index is 0.177. The molecular formula is C12H17ClN2O3S. The molecule has 1 aromatic carbocycles. The Labute approximate surface area is 118 Å². The van der Waals surface area contributed by atoms with Gasteiger partial charge in [-0.3, -0.25) is 0 Å². The Morgan fingerprint density at radius 3 is 2.79 bits per heavy atom. The van der Waals surface area contributed by atoms with Crippen LogP contribution in [0.4, 0.5) is 5.69 Å². The SMILES string of the molecule is CNS(=O)(=O)c1cc(Cl)cc(N2CCOC[C@H]2C)c1. The highest BCUT2D eigenvalue weighted by molar-refractivity contribution is 7.89. The maximum absolute atomic E-state index is 11.9. The number of sulfonamides is 1. The Morgan fingerprint density at radius 1 is 1.42 bits per heavy atom. The van der Waals surface area contributed by atoms with E-state index in [9.17, 15) is 8.42 Å². The molecule has 1 aliphatic heterocycles. The molecule has 1 heterocycles. The second kappa shape index (κ2) is 5.66. The van der Waals surface area contributed by atoms with Crippen LogP contribution < -0.4 is 9.62 Å². The van der Waals surface area contributed by atoms with Crippen molar-refractivity contribution in [3.63, 3.8) is 0 Å². The molecule has 1 fully saturated rings. The molecule has 5 nitrogen and oxygen atoms in total. The molecule has 0 radical (unpaired) electrons. The molecule has 106 valence electrons. The molecule has 0 spiro atoms. The van der Waals surface area contributed by atoms with E-state index < -0.39 is 10.0 Å². The second-order valence-electron chi connectivity index (χ2n) is 4.47. The van der Waals surface area contributed by atoms with Gasteiger partial charge in [0.1, 0.15) is 0 Å². The van der Waals surface area contributed by atoms with Gasteiger partial charge < -0.3 is 9.64 Å². The van der Waals surface area contributed by atoms with Gasteiger partial charge in [0.25, 0.3) is 0 Å². The van der Waals surface area contributed by atoms with Gasteiger partial charge >= 0.3 is 0 Å². The average Bonchev–Trinajstić information content (AvgIpc) is 2.38. The number of hydrogen-bond donors (Lipinski definition) is 1. The van der Waals surface area contributed by atoms with Gasteiger partial charge in [0, 0.05) is 23.3 Å². The average molecular weight is 305 g/mol. The predicted molar refractivity (Wildman–Crippen MR) is 75.3 cm³/mol. The fraction of sp³-hybridized carbons (Fsp3) is 0.500. The van der Waals surface area contributed by atoms with Crippen LogP contribution >= 0.6 is 11.6 Å². The third kappa shape index (κ3) is 3.20. The third-order valence-electron chi connectivity index (χ3n) is 3.13. The van der Waals surface area contributed by atoms with Gasteiger partial charge in [0.05, 0.1) is 18.1 Å². The first kappa shape index (κ1) is 14.6. The molecule has 0 amide bonds. The number of anilines is 1.